The maximum absolute atomic E-state index is 12.9. The molecule has 0 N–H and O–H groups in total. The van der Waals surface area contributed by atoms with E-state index in [-0.39, 0.29) is 17.8 Å². The van der Waals surface area contributed by atoms with Crippen molar-refractivity contribution in [2.75, 3.05) is 20.2 Å². The van der Waals surface area contributed by atoms with Crippen LogP contribution in [0.15, 0.2) is 54.9 Å². The Morgan fingerprint density at radius 2 is 2.00 bits per heavy atom. The van der Waals surface area contributed by atoms with Crippen molar-refractivity contribution in [1.82, 2.24) is 14.3 Å². The van der Waals surface area contributed by atoms with Crippen molar-refractivity contribution in [2.45, 2.75) is 12.8 Å². The Morgan fingerprint density at radius 3 is 2.78 bits per heavy atom. The van der Waals surface area contributed by atoms with Crippen LogP contribution in [0.5, 0.6) is 0 Å². The summed E-state index contributed by atoms with van der Waals surface area (Å²) in [5, 5.41) is 0. The van der Waals surface area contributed by atoms with Gasteiger partial charge in [0.2, 0.25) is 0 Å². The van der Waals surface area contributed by atoms with E-state index in [4.69, 9.17) is 4.74 Å². The lowest BCUT2D eigenvalue weighted by molar-refractivity contribution is -0.146. The lowest BCUT2D eigenvalue weighted by atomic mass is 9.97. The van der Waals surface area contributed by atoms with Gasteiger partial charge in [0.05, 0.1) is 18.7 Å². The first-order valence-corrected chi connectivity index (χ1v) is 9.07. The number of imidazole rings is 1. The van der Waals surface area contributed by atoms with Crippen molar-refractivity contribution in [3.63, 3.8) is 0 Å². The van der Waals surface area contributed by atoms with Gasteiger partial charge < -0.3 is 14.0 Å². The Balaban J connectivity index is 1.58. The number of aromatic nitrogens is 2. The second-order valence-electron chi connectivity index (χ2n) is 6.79. The minimum atomic E-state index is -0.247. The number of ether oxygens (including phenoxy) is 1. The molecular formula is C21H21N3O3. The molecule has 1 atom stereocenters. The number of rotatable bonds is 3. The smallest absolute Gasteiger partial charge is 0.310 e. The summed E-state index contributed by atoms with van der Waals surface area (Å²) in [6, 6.07) is 13.5. The Labute approximate surface area is 157 Å². The SMILES string of the molecule is COC(=O)C1CCCN(C(=O)c2ccn3cc(-c4ccccc4)nc3c2)C1. The molecule has 1 aromatic carbocycles. The second kappa shape index (κ2) is 7.23. The fourth-order valence-corrected chi connectivity index (χ4v) is 3.57. The lowest BCUT2D eigenvalue weighted by Crippen LogP contribution is -2.42. The fraction of sp³-hybridized carbons (Fsp3) is 0.286. The number of fused-ring (bicyclic) bond motifs is 1. The maximum Gasteiger partial charge on any atom is 0.310 e. The molecule has 4 rings (SSSR count). The van der Waals surface area contributed by atoms with Gasteiger partial charge in [-0.05, 0) is 25.0 Å². The molecule has 3 aromatic rings. The number of pyridine rings is 1. The highest BCUT2D eigenvalue weighted by Crippen LogP contribution is 2.22. The predicted molar refractivity (Wildman–Crippen MR) is 101 cm³/mol. The molecule has 1 amide bonds. The van der Waals surface area contributed by atoms with Gasteiger partial charge in [0.15, 0.2) is 0 Å². The van der Waals surface area contributed by atoms with Gasteiger partial charge in [0, 0.05) is 36.6 Å². The van der Waals surface area contributed by atoms with Gasteiger partial charge in [-0.25, -0.2) is 4.98 Å². The molecule has 2 aromatic heterocycles. The van der Waals surface area contributed by atoms with E-state index in [9.17, 15) is 9.59 Å². The van der Waals surface area contributed by atoms with Crippen molar-refractivity contribution in [1.29, 1.82) is 0 Å². The van der Waals surface area contributed by atoms with Gasteiger partial charge in [-0.3, -0.25) is 9.59 Å². The normalized spacial score (nSPS) is 17.1. The topological polar surface area (TPSA) is 63.9 Å². The van der Waals surface area contributed by atoms with Crippen LogP contribution in [0, 0.1) is 5.92 Å². The van der Waals surface area contributed by atoms with E-state index in [2.05, 4.69) is 4.98 Å². The van der Waals surface area contributed by atoms with E-state index in [0.717, 1.165) is 29.7 Å². The summed E-state index contributed by atoms with van der Waals surface area (Å²) < 4.78 is 6.74. The highest BCUT2D eigenvalue weighted by Gasteiger charge is 2.29. The first kappa shape index (κ1) is 17.3. The van der Waals surface area contributed by atoms with Crippen molar-refractivity contribution in [2.24, 2.45) is 5.92 Å². The van der Waals surface area contributed by atoms with Gasteiger partial charge in [-0.1, -0.05) is 30.3 Å². The average molecular weight is 363 g/mol. The molecule has 3 heterocycles. The molecule has 138 valence electrons. The summed E-state index contributed by atoms with van der Waals surface area (Å²) in [4.78, 5) is 31.1. The van der Waals surface area contributed by atoms with Gasteiger partial charge in [0.25, 0.3) is 5.91 Å². The largest absolute Gasteiger partial charge is 0.469 e. The molecule has 6 heteroatoms. The highest BCUT2D eigenvalue weighted by molar-refractivity contribution is 5.95. The zero-order valence-corrected chi connectivity index (χ0v) is 15.2. The quantitative estimate of drug-likeness (QED) is 0.671. The standard InChI is InChI=1S/C21H21N3O3/c1-27-21(26)17-8-5-10-24(13-17)20(25)16-9-11-23-14-18(22-19(23)12-16)15-6-3-2-4-7-15/h2-4,6-7,9,11-12,14,17H,5,8,10,13H2,1H3. The van der Waals surface area contributed by atoms with Crippen molar-refractivity contribution in [3.8, 4) is 11.3 Å². The second-order valence-corrected chi connectivity index (χ2v) is 6.79. The number of nitrogens with zero attached hydrogens (tertiary/aromatic N) is 3. The molecule has 1 fully saturated rings. The third-order valence-electron chi connectivity index (χ3n) is 5.02. The number of benzene rings is 1. The van der Waals surface area contributed by atoms with E-state index >= 15 is 0 Å². The first-order valence-electron chi connectivity index (χ1n) is 9.07. The van der Waals surface area contributed by atoms with Crippen LogP contribution < -0.4 is 0 Å². The molecule has 1 aliphatic rings. The summed E-state index contributed by atoms with van der Waals surface area (Å²) >= 11 is 0. The molecule has 1 saturated heterocycles. The number of hydrogen-bond donors (Lipinski definition) is 0. The van der Waals surface area contributed by atoms with E-state index < -0.39 is 0 Å². The van der Waals surface area contributed by atoms with Crippen LogP contribution in [0.25, 0.3) is 16.9 Å². The Hall–Kier alpha value is -3.15. The third kappa shape index (κ3) is 3.43. The highest BCUT2D eigenvalue weighted by atomic mass is 16.5. The van der Waals surface area contributed by atoms with Crippen molar-refractivity contribution in [3.05, 3.63) is 60.4 Å². The summed E-state index contributed by atoms with van der Waals surface area (Å²) in [7, 11) is 1.39. The van der Waals surface area contributed by atoms with Crippen LogP contribution in [-0.2, 0) is 9.53 Å². The lowest BCUT2D eigenvalue weighted by Gasteiger charge is -2.31. The van der Waals surface area contributed by atoms with Crippen LogP contribution in [0.1, 0.15) is 23.2 Å². The van der Waals surface area contributed by atoms with Crippen LogP contribution in [0.2, 0.25) is 0 Å². The molecule has 0 bridgehead atoms. The summed E-state index contributed by atoms with van der Waals surface area (Å²) in [6.45, 7) is 1.06. The number of likely N-dealkylation sites (tertiary alicyclic amines) is 1. The van der Waals surface area contributed by atoms with E-state index in [1.807, 2.05) is 47.1 Å². The summed E-state index contributed by atoms with van der Waals surface area (Å²) in [5.41, 5.74) is 3.20. The molecular weight excluding hydrogens is 342 g/mol. The number of carbonyl (C=O) groups is 2. The molecule has 1 aliphatic heterocycles. The monoisotopic (exact) mass is 363 g/mol. The number of methoxy groups -OCH3 is 1. The van der Waals surface area contributed by atoms with Gasteiger partial charge in [0.1, 0.15) is 5.65 Å². The van der Waals surface area contributed by atoms with Gasteiger partial charge in [-0.2, -0.15) is 0 Å². The van der Waals surface area contributed by atoms with E-state index in [0.29, 0.717) is 18.7 Å². The minimum absolute atomic E-state index is 0.0737. The number of esters is 1. The molecule has 0 aliphatic carbocycles. The average Bonchev–Trinajstić information content (AvgIpc) is 3.16. The molecule has 0 saturated carbocycles. The number of hydrogen-bond acceptors (Lipinski definition) is 4. The third-order valence-corrected chi connectivity index (χ3v) is 5.02. The fourth-order valence-electron chi connectivity index (χ4n) is 3.57. The van der Waals surface area contributed by atoms with Crippen LogP contribution >= 0.6 is 0 Å². The Kier molecular flexibility index (Phi) is 4.62. The number of piperidine rings is 1. The van der Waals surface area contributed by atoms with Crippen molar-refractivity contribution < 1.29 is 14.3 Å². The zero-order valence-electron chi connectivity index (χ0n) is 15.2. The van der Waals surface area contributed by atoms with Gasteiger partial charge in [-0.15, -0.1) is 0 Å². The first-order chi connectivity index (χ1) is 13.2. The van der Waals surface area contributed by atoms with E-state index in [1.165, 1.54) is 7.11 Å². The van der Waals surface area contributed by atoms with Crippen LogP contribution in [-0.4, -0.2) is 46.4 Å². The zero-order chi connectivity index (χ0) is 18.8. The van der Waals surface area contributed by atoms with Crippen LogP contribution in [0.3, 0.4) is 0 Å². The molecule has 1 unspecified atom stereocenters. The Bertz CT molecular complexity index is 981. The number of carbonyl (C=O) groups excluding carboxylic acids is 2. The van der Waals surface area contributed by atoms with Crippen LogP contribution in [0.4, 0.5) is 0 Å². The molecule has 6 nitrogen and oxygen atoms in total. The minimum Gasteiger partial charge on any atom is -0.469 e. The molecule has 27 heavy (non-hydrogen) atoms. The van der Waals surface area contributed by atoms with Crippen molar-refractivity contribution >= 4 is 17.5 Å². The Morgan fingerprint density at radius 1 is 1.19 bits per heavy atom. The number of amides is 1. The molecule has 0 radical (unpaired) electrons. The van der Waals surface area contributed by atoms with Gasteiger partial charge >= 0.3 is 5.97 Å². The molecule has 0 spiro atoms. The predicted octanol–water partition coefficient (Wildman–Crippen LogP) is 3.03. The van der Waals surface area contributed by atoms with E-state index in [1.54, 1.807) is 17.0 Å². The summed E-state index contributed by atoms with van der Waals surface area (Å²) in [5.74, 6) is -0.563. The maximum atomic E-state index is 12.9. The summed E-state index contributed by atoms with van der Waals surface area (Å²) in [6.07, 6.45) is 5.36.